The Labute approximate surface area is 117 Å². The van der Waals surface area contributed by atoms with E-state index >= 15 is 0 Å². The molecular formula is C12H20N4O4. The van der Waals surface area contributed by atoms with Gasteiger partial charge in [0.1, 0.15) is 6.54 Å². The number of carbonyl (C=O) groups is 2. The predicted molar refractivity (Wildman–Crippen MR) is 70.2 cm³/mol. The average molecular weight is 284 g/mol. The fourth-order valence-corrected chi connectivity index (χ4v) is 1.70. The van der Waals surface area contributed by atoms with Crippen molar-refractivity contribution in [3.63, 3.8) is 0 Å². The molecule has 1 aromatic heterocycles. The summed E-state index contributed by atoms with van der Waals surface area (Å²) in [6, 6.07) is 0. The molecule has 112 valence electrons. The van der Waals surface area contributed by atoms with Gasteiger partial charge in [-0.1, -0.05) is 12.1 Å². The molecule has 0 unspecified atom stereocenters. The number of nitrogens with one attached hydrogen (secondary N) is 1. The minimum atomic E-state index is -0.548. The minimum absolute atomic E-state index is 0.0279. The first-order chi connectivity index (χ1) is 9.63. The van der Waals surface area contributed by atoms with E-state index in [2.05, 4.69) is 20.4 Å². The molecule has 1 N–H and O–H groups in total. The van der Waals surface area contributed by atoms with Crippen LogP contribution in [-0.2, 0) is 27.2 Å². The van der Waals surface area contributed by atoms with Gasteiger partial charge in [0.25, 0.3) is 0 Å². The highest BCUT2D eigenvalue weighted by Gasteiger charge is 2.19. The van der Waals surface area contributed by atoms with Gasteiger partial charge in [-0.3, -0.25) is 4.79 Å². The van der Waals surface area contributed by atoms with Crippen molar-refractivity contribution in [2.75, 3.05) is 27.4 Å². The van der Waals surface area contributed by atoms with E-state index in [0.29, 0.717) is 25.3 Å². The molecule has 0 spiro atoms. The number of ether oxygens (including phenoxy) is 2. The number of carbonyl (C=O) groups excluding carboxylic acids is 2. The molecule has 0 saturated carbocycles. The Morgan fingerprint density at radius 3 is 2.70 bits per heavy atom. The Bertz CT molecular complexity index is 458. The van der Waals surface area contributed by atoms with Crippen molar-refractivity contribution in [1.82, 2.24) is 20.3 Å². The van der Waals surface area contributed by atoms with E-state index in [1.54, 1.807) is 7.11 Å². The van der Waals surface area contributed by atoms with Gasteiger partial charge in [-0.25, -0.2) is 9.48 Å². The van der Waals surface area contributed by atoms with Crippen LogP contribution in [0.5, 0.6) is 0 Å². The summed E-state index contributed by atoms with van der Waals surface area (Å²) in [7, 11) is 2.89. The van der Waals surface area contributed by atoms with Crippen molar-refractivity contribution in [3.8, 4) is 0 Å². The Hall–Kier alpha value is -1.96. The standard InChI is InChI=1S/C12H20N4O4/c1-4-9-11(12(18)20-3)14-15-16(9)8-10(17)13-6-5-7-19-2/h4-8H2,1-3H3,(H,13,17). The molecule has 8 heteroatoms. The second-order valence-electron chi connectivity index (χ2n) is 4.08. The van der Waals surface area contributed by atoms with Crippen LogP contribution in [0, 0.1) is 0 Å². The molecular weight excluding hydrogens is 264 g/mol. The average Bonchev–Trinajstić information content (AvgIpc) is 2.85. The minimum Gasteiger partial charge on any atom is -0.464 e. The molecule has 8 nitrogen and oxygen atoms in total. The number of esters is 1. The van der Waals surface area contributed by atoms with E-state index in [9.17, 15) is 9.59 Å². The van der Waals surface area contributed by atoms with Crippen molar-refractivity contribution in [2.24, 2.45) is 0 Å². The Morgan fingerprint density at radius 2 is 2.10 bits per heavy atom. The molecule has 1 amide bonds. The number of rotatable bonds is 8. The molecule has 0 saturated heterocycles. The van der Waals surface area contributed by atoms with Gasteiger partial charge in [0.05, 0.1) is 12.8 Å². The van der Waals surface area contributed by atoms with Gasteiger partial charge < -0.3 is 14.8 Å². The van der Waals surface area contributed by atoms with Crippen LogP contribution >= 0.6 is 0 Å². The van der Waals surface area contributed by atoms with Crippen LogP contribution in [0.2, 0.25) is 0 Å². The van der Waals surface area contributed by atoms with E-state index in [1.165, 1.54) is 11.8 Å². The first kappa shape index (κ1) is 16.1. The number of amides is 1. The Morgan fingerprint density at radius 1 is 1.35 bits per heavy atom. The molecule has 0 aliphatic rings. The highest BCUT2D eigenvalue weighted by molar-refractivity contribution is 5.88. The van der Waals surface area contributed by atoms with Crippen molar-refractivity contribution in [2.45, 2.75) is 26.3 Å². The second kappa shape index (κ2) is 8.26. The summed E-state index contributed by atoms with van der Waals surface area (Å²) in [6.45, 7) is 3.02. The van der Waals surface area contributed by atoms with Gasteiger partial charge in [0.15, 0.2) is 5.69 Å². The molecule has 1 rings (SSSR count). The predicted octanol–water partition coefficient (Wildman–Crippen LogP) is -0.220. The summed E-state index contributed by atoms with van der Waals surface area (Å²) in [5, 5.41) is 10.3. The summed E-state index contributed by atoms with van der Waals surface area (Å²) < 4.78 is 10.9. The Kier molecular flexibility index (Phi) is 6.65. The SMILES string of the molecule is CCc1c(C(=O)OC)nnn1CC(=O)NCCCOC. The second-order valence-corrected chi connectivity index (χ2v) is 4.08. The van der Waals surface area contributed by atoms with Gasteiger partial charge in [-0.05, 0) is 12.8 Å². The van der Waals surface area contributed by atoms with E-state index in [1.807, 2.05) is 6.92 Å². The maximum Gasteiger partial charge on any atom is 0.360 e. The van der Waals surface area contributed by atoms with Crippen LogP contribution in [0.25, 0.3) is 0 Å². The summed E-state index contributed by atoms with van der Waals surface area (Å²) in [5.74, 6) is -0.731. The first-order valence-corrected chi connectivity index (χ1v) is 6.40. The van der Waals surface area contributed by atoms with E-state index in [4.69, 9.17) is 4.74 Å². The maximum absolute atomic E-state index is 11.7. The van der Waals surface area contributed by atoms with Crippen LogP contribution < -0.4 is 5.32 Å². The van der Waals surface area contributed by atoms with Crippen LogP contribution in [0.4, 0.5) is 0 Å². The normalized spacial score (nSPS) is 10.3. The molecule has 0 aliphatic heterocycles. The lowest BCUT2D eigenvalue weighted by Gasteiger charge is -2.07. The number of nitrogens with zero attached hydrogens (tertiary/aromatic N) is 3. The zero-order valence-electron chi connectivity index (χ0n) is 12.0. The lowest BCUT2D eigenvalue weighted by Crippen LogP contribution is -2.30. The van der Waals surface area contributed by atoms with E-state index in [-0.39, 0.29) is 18.1 Å². The quantitative estimate of drug-likeness (QED) is 0.524. The van der Waals surface area contributed by atoms with Crippen molar-refractivity contribution < 1.29 is 19.1 Å². The summed E-state index contributed by atoms with van der Waals surface area (Å²) in [5.41, 5.74) is 0.742. The molecule has 0 fully saturated rings. The number of methoxy groups -OCH3 is 2. The highest BCUT2D eigenvalue weighted by Crippen LogP contribution is 2.07. The zero-order chi connectivity index (χ0) is 15.0. The smallest absolute Gasteiger partial charge is 0.360 e. The first-order valence-electron chi connectivity index (χ1n) is 6.40. The van der Waals surface area contributed by atoms with Crippen molar-refractivity contribution in [3.05, 3.63) is 11.4 Å². The molecule has 1 heterocycles. The molecule has 0 aromatic carbocycles. The van der Waals surface area contributed by atoms with Crippen LogP contribution in [-0.4, -0.2) is 54.2 Å². The summed E-state index contributed by atoms with van der Waals surface area (Å²) >= 11 is 0. The molecule has 0 aliphatic carbocycles. The third kappa shape index (κ3) is 4.30. The lowest BCUT2D eigenvalue weighted by molar-refractivity contribution is -0.121. The monoisotopic (exact) mass is 284 g/mol. The van der Waals surface area contributed by atoms with Crippen LogP contribution in [0.3, 0.4) is 0 Å². The lowest BCUT2D eigenvalue weighted by atomic mass is 10.2. The molecule has 20 heavy (non-hydrogen) atoms. The van der Waals surface area contributed by atoms with Gasteiger partial charge in [0, 0.05) is 20.3 Å². The number of aromatic nitrogens is 3. The zero-order valence-corrected chi connectivity index (χ0v) is 12.0. The van der Waals surface area contributed by atoms with Crippen molar-refractivity contribution >= 4 is 11.9 Å². The van der Waals surface area contributed by atoms with Crippen LogP contribution in [0.1, 0.15) is 29.5 Å². The summed E-state index contributed by atoms with van der Waals surface area (Å²) in [4.78, 5) is 23.2. The highest BCUT2D eigenvalue weighted by atomic mass is 16.5. The fourth-order valence-electron chi connectivity index (χ4n) is 1.70. The van der Waals surface area contributed by atoms with Gasteiger partial charge in [-0.15, -0.1) is 5.10 Å². The van der Waals surface area contributed by atoms with Gasteiger partial charge in [0.2, 0.25) is 5.91 Å². The molecule has 1 aromatic rings. The third-order valence-corrected chi connectivity index (χ3v) is 2.69. The van der Waals surface area contributed by atoms with Gasteiger partial charge in [-0.2, -0.15) is 0 Å². The largest absolute Gasteiger partial charge is 0.464 e. The third-order valence-electron chi connectivity index (χ3n) is 2.69. The van der Waals surface area contributed by atoms with Gasteiger partial charge >= 0.3 is 5.97 Å². The summed E-state index contributed by atoms with van der Waals surface area (Å²) in [6.07, 6.45) is 1.28. The number of hydrogen-bond acceptors (Lipinski definition) is 6. The fraction of sp³-hybridized carbons (Fsp3) is 0.667. The molecule has 0 atom stereocenters. The molecule has 0 bridgehead atoms. The maximum atomic E-state index is 11.7. The van der Waals surface area contributed by atoms with Crippen LogP contribution in [0.15, 0.2) is 0 Å². The number of hydrogen-bond donors (Lipinski definition) is 1. The Balaban J connectivity index is 2.61. The van der Waals surface area contributed by atoms with Crippen molar-refractivity contribution in [1.29, 1.82) is 0 Å². The van der Waals surface area contributed by atoms with E-state index < -0.39 is 5.97 Å². The topological polar surface area (TPSA) is 95.3 Å². The molecule has 0 radical (unpaired) electrons. The van der Waals surface area contributed by atoms with E-state index in [0.717, 1.165) is 6.42 Å².